The monoisotopic (exact) mass is 1660 g/mol. The molecule has 668 valence electrons. The highest BCUT2D eigenvalue weighted by Gasteiger charge is 2.49. The van der Waals surface area contributed by atoms with Crippen molar-refractivity contribution in [3.63, 3.8) is 0 Å². The number of carbonyl (C=O) groups excluding carboxylic acids is 16. The number of hydrogen-bond acceptors (Lipinski definition) is 18. The van der Waals surface area contributed by atoms with Crippen LogP contribution in [0.3, 0.4) is 0 Å². The zero-order valence-electron chi connectivity index (χ0n) is 74.9. The first-order chi connectivity index (χ1) is 54.8. The molecule has 13 N–H and O–H groups in total. The normalized spacial score (nSPS) is 20.9. The molecule has 5 saturated heterocycles. The molecule has 34 heteroatoms. The Kier molecular flexibility index (Phi) is 36.5. The average molecular weight is 1660 g/mol. The molecule has 5 fully saturated rings. The summed E-state index contributed by atoms with van der Waals surface area (Å²) in [4.78, 5) is 232. The van der Waals surface area contributed by atoms with Crippen LogP contribution in [0.1, 0.15) is 274 Å². The van der Waals surface area contributed by atoms with Crippen molar-refractivity contribution < 1.29 is 76.7 Å². The summed E-state index contributed by atoms with van der Waals surface area (Å²) >= 11 is 0. The van der Waals surface area contributed by atoms with Crippen molar-refractivity contribution in [1.29, 1.82) is 0 Å². The van der Waals surface area contributed by atoms with Crippen LogP contribution in [0.5, 0.6) is 0 Å². The van der Waals surface area contributed by atoms with Crippen LogP contribution in [0.25, 0.3) is 0 Å². The number of carbonyl (C=O) groups is 16. The third-order valence-corrected chi connectivity index (χ3v) is 23.8. The van der Waals surface area contributed by atoms with Gasteiger partial charge in [-0.2, -0.15) is 0 Å². The molecule has 5 aliphatic rings. The molecule has 16 amide bonds. The van der Waals surface area contributed by atoms with E-state index >= 15 is 0 Å². The number of nitrogens with one attached hydrogen (secondary N) is 13. The van der Waals surface area contributed by atoms with Crippen molar-refractivity contribution in [2.24, 2.45) is 17.8 Å². The zero-order valence-corrected chi connectivity index (χ0v) is 74.9. The predicted octanol–water partition coefficient (Wildman–Crippen LogP) is 2.43. The van der Waals surface area contributed by atoms with Crippen LogP contribution in [0.4, 0.5) is 0 Å². The van der Waals surface area contributed by atoms with Gasteiger partial charge in [-0.1, -0.05) is 62.3 Å². The summed E-state index contributed by atoms with van der Waals surface area (Å²) in [7, 11) is 0. The minimum atomic E-state index is -1.67. The van der Waals surface area contributed by atoms with Gasteiger partial charge in [0.15, 0.2) is 0 Å². The van der Waals surface area contributed by atoms with E-state index < -0.39 is 164 Å². The fourth-order valence-corrected chi connectivity index (χ4v) is 15.9. The Hall–Kier alpha value is -8.56. The average Bonchev–Trinajstić information content (AvgIpc) is 0.983. The summed E-state index contributed by atoms with van der Waals surface area (Å²) in [6.07, 6.45) is 9.56. The molecule has 5 rings (SSSR count). The molecule has 5 aliphatic heterocycles. The Morgan fingerprint density at radius 3 is 1.34 bits per heavy atom. The van der Waals surface area contributed by atoms with Gasteiger partial charge in [0.1, 0.15) is 75.0 Å². The van der Waals surface area contributed by atoms with Crippen molar-refractivity contribution in [3.05, 3.63) is 0 Å². The molecule has 34 nitrogen and oxygen atoms in total. The van der Waals surface area contributed by atoms with Gasteiger partial charge in [-0.3, -0.25) is 86.5 Å². The third kappa shape index (κ3) is 27.7. The summed E-state index contributed by atoms with van der Waals surface area (Å²) in [6, 6.07) is -6.40. The highest BCUT2D eigenvalue weighted by molar-refractivity contribution is 6.03. The second kappa shape index (κ2) is 43.1. The van der Waals surface area contributed by atoms with Gasteiger partial charge in [0.05, 0.1) is 12.7 Å². The Bertz CT molecular complexity index is 3600. The fraction of sp³-hybridized carbons (Fsp3) is 0.810. The number of amides is 16. The summed E-state index contributed by atoms with van der Waals surface area (Å²) in [5.74, 6) is -9.58. The van der Waals surface area contributed by atoms with Crippen LogP contribution < -0.4 is 69.1 Å². The molecule has 0 aliphatic carbocycles. The van der Waals surface area contributed by atoms with Crippen LogP contribution in [-0.4, -0.2) is 265 Å². The molecule has 0 radical (unpaired) electrons. The minimum absolute atomic E-state index is 0.0486. The molecule has 0 bridgehead atoms. The summed E-state index contributed by atoms with van der Waals surface area (Å²) < 4.78 is 0. The molecule has 0 spiro atoms. The van der Waals surface area contributed by atoms with Gasteiger partial charge in [0, 0.05) is 65.2 Å². The van der Waals surface area contributed by atoms with E-state index in [0.717, 1.165) is 58.2 Å². The van der Waals surface area contributed by atoms with E-state index in [-0.39, 0.29) is 101 Å². The SMILES string of the molecule is CCC(C)(NC(=O)C(CC(C)C)NC(=O)C(C)NC(=O)C(C)(C)NC(=O)C1CCCCN1C(=O)C(C)(C)NC(=O)C(C)(C)NC(=O)CNC(=O)CCNC(=O)C(CC(C)C)NC(=O)C(C)(CC)NC(=O)C(C)(CC)NC(=O)C1CCCCN1C(=O)C(C)(C)NC(=O)C1CCCCN1C(C)=O)C(=O)NC(CC(C)C)CN1CCCN2CCCC21. The molecule has 0 aromatic rings. The van der Waals surface area contributed by atoms with E-state index in [0.29, 0.717) is 57.3 Å². The number of nitrogens with zero attached hydrogens (tertiary/aromatic N) is 5. The fourth-order valence-electron chi connectivity index (χ4n) is 15.9. The van der Waals surface area contributed by atoms with Gasteiger partial charge in [-0.25, -0.2) is 0 Å². The van der Waals surface area contributed by atoms with Gasteiger partial charge in [-0.15, -0.1) is 0 Å². The maximum atomic E-state index is 14.5. The van der Waals surface area contributed by atoms with E-state index in [1.165, 1.54) is 83.9 Å². The van der Waals surface area contributed by atoms with Gasteiger partial charge >= 0.3 is 0 Å². The summed E-state index contributed by atoms with van der Waals surface area (Å²) in [5, 5.41) is 36.1. The molecule has 11 unspecified atom stereocenters. The molecule has 0 saturated carbocycles. The first-order valence-electron chi connectivity index (χ1n) is 43.2. The van der Waals surface area contributed by atoms with Crippen molar-refractivity contribution >= 4 is 94.5 Å². The highest BCUT2D eigenvalue weighted by atomic mass is 16.2. The lowest BCUT2D eigenvalue weighted by Gasteiger charge is -2.42. The maximum Gasteiger partial charge on any atom is 0.248 e. The minimum Gasteiger partial charge on any atom is -0.354 e. The second-order valence-electron chi connectivity index (χ2n) is 37.4. The lowest BCUT2D eigenvalue weighted by molar-refractivity contribution is -0.151. The van der Waals surface area contributed by atoms with Gasteiger partial charge in [-0.05, 0) is 223 Å². The Morgan fingerprint density at radius 1 is 0.373 bits per heavy atom. The third-order valence-electron chi connectivity index (χ3n) is 23.8. The first-order valence-corrected chi connectivity index (χ1v) is 43.2. The molecule has 11 atom stereocenters. The molecule has 0 aromatic heterocycles. The standard InChI is InChI=1S/C84H146N18O16/c1-23-82(20,73(114)88-56(46-51(4)5)50-99-42-33-41-98-40-32-37-64(98)99)94-67(108)58(48-53(8)9)89-65(106)54(10)87-71(112)78(12,13)92-69(110)60-35-27-30-44-101(60)77(118)81(18,19)96-72(113)79(14,15)91-63(105)49-86-62(104)38-39-85-66(107)57(47-52(6)7)90-74(115)83(21,24-2)97-75(116)84(22,25-3)95-70(111)61-36-28-31-45-102(61)76(117)80(16,17)93-68(109)59-34-26-29-43-100(59)55(11)103/h51-54,56-61,64H,23-50H2,1-22H3,(H,85,107)(H,86,104)(H,87,112)(H,88,114)(H,89,106)(H,90,115)(H,91,105)(H,92,110)(H,93,109)(H,94,108)(H,95,111)(H,96,113)(H,97,116). The lowest BCUT2D eigenvalue weighted by atomic mass is 9.90. The van der Waals surface area contributed by atoms with Crippen LogP contribution in [0.2, 0.25) is 0 Å². The number of piperidine rings is 3. The Morgan fingerprint density at radius 2 is 0.822 bits per heavy atom. The summed E-state index contributed by atoms with van der Waals surface area (Å²) in [6.45, 7) is 39.8. The molecular formula is C84H146N18O16. The zero-order chi connectivity index (χ0) is 89.0. The van der Waals surface area contributed by atoms with E-state index in [9.17, 15) is 76.7 Å². The van der Waals surface area contributed by atoms with E-state index in [1.807, 2.05) is 34.6 Å². The van der Waals surface area contributed by atoms with Crippen LogP contribution in [0, 0.1) is 17.8 Å². The molecule has 118 heavy (non-hydrogen) atoms. The number of rotatable bonds is 40. The smallest absolute Gasteiger partial charge is 0.248 e. The van der Waals surface area contributed by atoms with Gasteiger partial charge in [0.2, 0.25) is 94.5 Å². The lowest BCUT2D eigenvalue weighted by Crippen LogP contribution is -2.68. The topological polar surface area (TPSA) is 446 Å². The van der Waals surface area contributed by atoms with Crippen LogP contribution in [-0.2, 0) is 76.7 Å². The number of hydrogen-bond donors (Lipinski definition) is 13. The Labute approximate surface area is 700 Å². The molecule has 5 heterocycles. The number of likely N-dealkylation sites (tertiary alicyclic amines) is 3. The summed E-state index contributed by atoms with van der Waals surface area (Å²) in [5.41, 5.74) is -11.0. The van der Waals surface area contributed by atoms with Crippen molar-refractivity contribution in [1.82, 2.24) is 93.6 Å². The van der Waals surface area contributed by atoms with Crippen LogP contribution in [0.15, 0.2) is 0 Å². The van der Waals surface area contributed by atoms with Crippen molar-refractivity contribution in [2.75, 3.05) is 58.9 Å². The Balaban J connectivity index is 1.09. The van der Waals surface area contributed by atoms with Crippen LogP contribution >= 0.6 is 0 Å². The van der Waals surface area contributed by atoms with E-state index in [1.54, 1.807) is 34.6 Å². The van der Waals surface area contributed by atoms with E-state index in [2.05, 4.69) is 92.8 Å². The largest absolute Gasteiger partial charge is 0.354 e. The van der Waals surface area contributed by atoms with Gasteiger partial charge in [0.25, 0.3) is 0 Å². The molecular weight excluding hydrogens is 1520 g/mol. The second-order valence-corrected chi connectivity index (χ2v) is 37.4. The highest BCUT2D eigenvalue weighted by Crippen LogP contribution is 2.30. The first kappa shape index (κ1) is 100. The number of fused-ring (bicyclic) bond motifs is 1. The molecule has 0 aromatic carbocycles. The van der Waals surface area contributed by atoms with Gasteiger partial charge < -0.3 is 83.8 Å². The van der Waals surface area contributed by atoms with E-state index in [4.69, 9.17) is 0 Å². The predicted molar refractivity (Wildman–Crippen MR) is 446 cm³/mol. The maximum absolute atomic E-state index is 14.5. The van der Waals surface area contributed by atoms with Crippen molar-refractivity contribution in [3.8, 4) is 0 Å². The quantitative estimate of drug-likeness (QED) is 0.0419. The van der Waals surface area contributed by atoms with Crippen molar-refractivity contribution in [2.45, 2.75) is 362 Å².